The van der Waals surface area contributed by atoms with E-state index in [1.807, 2.05) is 0 Å². The number of ether oxygens (including phenoxy) is 1. The quantitative estimate of drug-likeness (QED) is 0.328. The van der Waals surface area contributed by atoms with Gasteiger partial charge < -0.3 is 20.1 Å². The molecular weight excluding hydrogens is 571 g/mol. The van der Waals surface area contributed by atoms with Crippen LogP contribution in [0.1, 0.15) is 37.7 Å². The third-order valence-electron chi connectivity index (χ3n) is 9.71. The van der Waals surface area contributed by atoms with E-state index < -0.39 is 23.3 Å². The molecule has 2 unspecified atom stereocenters. The van der Waals surface area contributed by atoms with Crippen LogP contribution in [0.4, 0.5) is 19.0 Å². The van der Waals surface area contributed by atoms with E-state index >= 15 is 4.39 Å². The van der Waals surface area contributed by atoms with Gasteiger partial charge in [0.2, 0.25) is 0 Å². The van der Waals surface area contributed by atoms with E-state index in [2.05, 4.69) is 36.2 Å². The Balaban J connectivity index is 1.28. The first-order valence-electron chi connectivity index (χ1n) is 15.0. The molecule has 2 aromatic carbocycles. The number of piperazine rings is 1. The zero-order valence-electron chi connectivity index (χ0n) is 23.9. The van der Waals surface area contributed by atoms with Crippen molar-refractivity contribution in [2.75, 3.05) is 37.7 Å². The molecule has 4 saturated heterocycles. The number of hydrogen-bond acceptors (Lipinski definition) is 9. The number of nitrogens with one attached hydrogen (secondary N) is 1. The number of fused-ring (bicyclic) bond motifs is 5. The number of benzene rings is 2. The minimum Gasteiger partial charge on any atom is -0.508 e. The van der Waals surface area contributed by atoms with Gasteiger partial charge in [-0.15, -0.1) is 16.6 Å². The minimum atomic E-state index is -0.923. The second kappa shape index (κ2) is 10.2. The fourth-order valence-electron chi connectivity index (χ4n) is 7.75. The number of terminal acetylenes is 1. The molecule has 2 bridgehead atoms. The average molecular weight is 602 g/mol. The van der Waals surface area contributed by atoms with Crippen molar-refractivity contribution in [3.8, 4) is 35.4 Å². The molecule has 0 saturated carbocycles. The SMILES string of the molecule is C#Cc1c(F)ccc2cc(O)cc(-c3nnc4c(N5CC6CCC(C5)N6)nc(OC[C@@]56CCCN5C[C@H](F)C6)nc4c3F)c12. The third-order valence-corrected chi connectivity index (χ3v) is 9.71. The van der Waals surface area contributed by atoms with Crippen molar-refractivity contribution in [3.05, 3.63) is 41.5 Å². The van der Waals surface area contributed by atoms with Crippen molar-refractivity contribution >= 4 is 27.6 Å². The lowest BCUT2D eigenvalue weighted by molar-refractivity contribution is 0.107. The maximum Gasteiger partial charge on any atom is 0.319 e. The number of aromatic hydroxyl groups is 1. The van der Waals surface area contributed by atoms with Gasteiger partial charge in [-0.3, -0.25) is 4.90 Å². The molecule has 6 heterocycles. The number of anilines is 1. The molecule has 4 aromatic rings. The fraction of sp³-hybridized carbons (Fsp3) is 0.438. The second-order valence-electron chi connectivity index (χ2n) is 12.5. The van der Waals surface area contributed by atoms with Gasteiger partial charge in [0.15, 0.2) is 17.2 Å². The van der Waals surface area contributed by atoms with Gasteiger partial charge in [0.05, 0.1) is 11.1 Å². The summed E-state index contributed by atoms with van der Waals surface area (Å²) in [5, 5.41) is 23.4. The van der Waals surface area contributed by atoms with Crippen molar-refractivity contribution in [2.45, 2.75) is 55.9 Å². The van der Waals surface area contributed by atoms with Crippen LogP contribution >= 0.6 is 0 Å². The van der Waals surface area contributed by atoms with E-state index in [-0.39, 0.29) is 63.7 Å². The summed E-state index contributed by atoms with van der Waals surface area (Å²) in [6, 6.07) is 5.87. The zero-order chi connectivity index (χ0) is 30.2. The Morgan fingerprint density at radius 1 is 1.09 bits per heavy atom. The molecular formula is C32H30F3N7O2. The van der Waals surface area contributed by atoms with Gasteiger partial charge in [0, 0.05) is 49.1 Å². The molecule has 2 N–H and O–H groups in total. The largest absolute Gasteiger partial charge is 0.508 e. The number of phenolic OH excluding ortho intramolecular Hbond substituents is 1. The highest BCUT2D eigenvalue weighted by molar-refractivity contribution is 6.02. The number of hydrogen-bond donors (Lipinski definition) is 2. The van der Waals surface area contributed by atoms with Crippen LogP contribution in [0.25, 0.3) is 33.1 Å². The van der Waals surface area contributed by atoms with E-state index in [4.69, 9.17) is 16.1 Å². The lowest BCUT2D eigenvalue weighted by Crippen LogP contribution is -2.51. The number of rotatable bonds is 5. The number of phenols is 1. The molecule has 0 amide bonds. The summed E-state index contributed by atoms with van der Waals surface area (Å²) in [7, 11) is 0. The van der Waals surface area contributed by atoms with Crippen molar-refractivity contribution in [2.24, 2.45) is 0 Å². The number of halogens is 3. The molecule has 0 radical (unpaired) electrons. The van der Waals surface area contributed by atoms with Crippen LogP contribution in [0, 0.1) is 24.0 Å². The van der Waals surface area contributed by atoms with Gasteiger partial charge in [-0.2, -0.15) is 9.97 Å². The van der Waals surface area contributed by atoms with Gasteiger partial charge in [0.25, 0.3) is 0 Å². The summed E-state index contributed by atoms with van der Waals surface area (Å²) in [6.07, 6.45) is 8.91. The molecule has 226 valence electrons. The molecule has 4 fully saturated rings. The summed E-state index contributed by atoms with van der Waals surface area (Å²) >= 11 is 0. The average Bonchev–Trinajstić information content (AvgIpc) is 3.66. The van der Waals surface area contributed by atoms with Crippen molar-refractivity contribution < 1.29 is 23.0 Å². The van der Waals surface area contributed by atoms with Gasteiger partial charge in [0.1, 0.15) is 35.6 Å². The van der Waals surface area contributed by atoms with E-state index in [9.17, 15) is 13.9 Å². The Kier molecular flexibility index (Phi) is 6.32. The second-order valence-corrected chi connectivity index (χ2v) is 12.5. The van der Waals surface area contributed by atoms with E-state index in [1.54, 1.807) is 0 Å². The number of alkyl halides is 1. The number of aromatic nitrogens is 4. The summed E-state index contributed by atoms with van der Waals surface area (Å²) in [6.45, 7) is 2.66. The van der Waals surface area contributed by atoms with E-state index in [0.717, 1.165) is 32.2 Å². The topological polar surface area (TPSA) is 99.5 Å². The highest BCUT2D eigenvalue weighted by atomic mass is 19.1. The Bertz CT molecular complexity index is 1850. The normalized spacial score (nSPS) is 26.4. The van der Waals surface area contributed by atoms with Crippen LogP contribution in [-0.4, -0.2) is 86.8 Å². The van der Waals surface area contributed by atoms with Crippen LogP contribution in [0.15, 0.2) is 24.3 Å². The van der Waals surface area contributed by atoms with E-state index in [1.165, 1.54) is 24.3 Å². The fourth-order valence-corrected chi connectivity index (χ4v) is 7.75. The van der Waals surface area contributed by atoms with Crippen LogP contribution in [0.3, 0.4) is 0 Å². The predicted octanol–water partition coefficient (Wildman–Crippen LogP) is 4.10. The molecule has 9 nitrogen and oxygen atoms in total. The van der Waals surface area contributed by atoms with Crippen LogP contribution in [0.2, 0.25) is 0 Å². The first-order valence-corrected chi connectivity index (χ1v) is 15.0. The monoisotopic (exact) mass is 601 g/mol. The highest BCUT2D eigenvalue weighted by Gasteiger charge is 2.49. The van der Waals surface area contributed by atoms with Crippen LogP contribution < -0.4 is 15.0 Å². The lowest BCUT2D eigenvalue weighted by atomic mass is 9.95. The summed E-state index contributed by atoms with van der Waals surface area (Å²) in [4.78, 5) is 13.4. The molecule has 0 aliphatic carbocycles. The molecule has 4 aliphatic heterocycles. The van der Waals surface area contributed by atoms with Crippen molar-refractivity contribution in [1.82, 2.24) is 30.4 Å². The van der Waals surface area contributed by atoms with E-state index in [0.29, 0.717) is 37.3 Å². The Morgan fingerprint density at radius 3 is 2.70 bits per heavy atom. The molecule has 4 aliphatic rings. The summed E-state index contributed by atoms with van der Waals surface area (Å²) in [5.41, 5.74) is -0.631. The van der Waals surface area contributed by atoms with Crippen LogP contribution in [0.5, 0.6) is 11.8 Å². The minimum absolute atomic E-state index is 0.0316. The molecule has 0 spiro atoms. The molecule has 44 heavy (non-hydrogen) atoms. The summed E-state index contributed by atoms with van der Waals surface area (Å²) in [5.74, 6) is 1.10. The first kappa shape index (κ1) is 27.3. The summed E-state index contributed by atoms with van der Waals surface area (Å²) < 4.78 is 52.1. The first-order chi connectivity index (χ1) is 21.3. The van der Waals surface area contributed by atoms with Gasteiger partial charge in [-0.1, -0.05) is 12.0 Å². The zero-order valence-corrected chi connectivity index (χ0v) is 23.9. The molecule has 8 rings (SSSR count). The predicted molar refractivity (Wildman–Crippen MR) is 158 cm³/mol. The molecule has 2 aromatic heterocycles. The smallest absolute Gasteiger partial charge is 0.319 e. The molecule has 12 heteroatoms. The standard InChI is InChI=1S/C32H30F3N7O2/c1-2-22-24(34)7-4-17-10-21(43)11-23(25(17)22)27-26(35)28-29(40-39-27)30(41-14-19-5-6-20(15-41)36-19)38-31(37-28)44-16-32-8-3-9-42(32)13-18(33)12-32/h1,4,7,10-11,18-20,36,43H,3,5-6,8-9,12-16H2/t18-,19?,20?,32+/m1/s1. The highest BCUT2D eigenvalue weighted by Crippen LogP contribution is 2.41. The van der Waals surface area contributed by atoms with Crippen LogP contribution in [-0.2, 0) is 0 Å². The van der Waals surface area contributed by atoms with Gasteiger partial charge in [-0.05, 0) is 55.8 Å². The molecule has 4 atom stereocenters. The third kappa shape index (κ3) is 4.32. The maximum absolute atomic E-state index is 16.7. The Hall–Kier alpha value is -4.21. The maximum atomic E-state index is 16.7. The van der Waals surface area contributed by atoms with Crippen molar-refractivity contribution in [1.29, 1.82) is 0 Å². The van der Waals surface area contributed by atoms with Gasteiger partial charge >= 0.3 is 6.01 Å². The van der Waals surface area contributed by atoms with Gasteiger partial charge in [-0.25, -0.2) is 13.2 Å². The Morgan fingerprint density at radius 2 is 1.91 bits per heavy atom. The Labute approximate surface area is 251 Å². The lowest BCUT2D eigenvalue weighted by Gasteiger charge is -2.34. The van der Waals surface area contributed by atoms with Crippen molar-refractivity contribution in [3.63, 3.8) is 0 Å². The number of nitrogens with zero attached hydrogens (tertiary/aromatic N) is 6.